The lowest BCUT2D eigenvalue weighted by Gasteiger charge is -2.15. The van der Waals surface area contributed by atoms with Gasteiger partial charge in [-0.1, -0.05) is 146 Å². The zero-order chi connectivity index (χ0) is 32.4. The van der Waals surface area contributed by atoms with Crippen molar-refractivity contribution in [1.29, 1.82) is 0 Å². The van der Waals surface area contributed by atoms with Gasteiger partial charge in [-0.05, 0) is 44.9 Å². The summed E-state index contributed by atoms with van der Waals surface area (Å²) in [6.45, 7) is 3.96. The number of unbranched alkanes of at least 4 members (excludes halogenated alkanes) is 15. The maximum absolute atomic E-state index is 12.1. The Labute approximate surface area is 270 Å². The highest BCUT2D eigenvalue weighted by Crippen LogP contribution is 2.13. The number of hydrogen-bond acceptors (Lipinski definition) is 6. The average molecular weight is 619 g/mol. The van der Waals surface area contributed by atoms with Crippen LogP contribution in [0.4, 0.5) is 0 Å². The fraction of sp³-hybridized carbons (Fsp3) is 0.737. The van der Waals surface area contributed by atoms with Crippen LogP contribution in [0.25, 0.3) is 0 Å². The van der Waals surface area contributed by atoms with Crippen molar-refractivity contribution in [3.63, 3.8) is 0 Å². The molecule has 6 nitrogen and oxygen atoms in total. The molecule has 0 aromatic rings. The van der Waals surface area contributed by atoms with Gasteiger partial charge in [0.1, 0.15) is 6.61 Å². The van der Waals surface area contributed by atoms with Gasteiger partial charge >= 0.3 is 11.9 Å². The van der Waals surface area contributed by atoms with E-state index in [0.29, 0.717) is 25.7 Å². The SMILES string of the molecule is CCCCC/C=C\C/C=C\CC(O)/C=C\C=C\CCCC(=O)O[C@@H](CO)COC(=O)CCCCCCCCCCCCCC. The summed E-state index contributed by atoms with van der Waals surface area (Å²) in [4.78, 5) is 24.1. The lowest BCUT2D eigenvalue weighted by Crippen LogP contribution is -2.28. The normalized spacial score (nSPS) is 13.5. The molecule has 0 rings (SSSR count). The summed E-state index contributed by atoms with van der Waals surface area (Å²) in [6.07, 6.45) is 37.6. The van der Waals surface area contributed by atoms with Gasteiger partial charge in [0.05, 0.1) is 12.7 Å². The summed E-state index contributed by atoms with van der Waals surface area (Å²) in [6, 6.07) is 0. The van der Waals surface area contributed by atoms with E-state index in [9.17, 15) is 19.8 Å². The monoisotopic (exact) mass is 618 g/mol. The second kappa shape index (κ2) is 33.7. The quantitative estimate of drug-likeness (QED) is 0.0348. The van der Waals surface area contributed by atoms with Crippen molar-refractivity contribution in [3.05, 3.63) is 48.6 Å². The van der Waals surface area contributed by atoms with Crippen LogP contribution in [-0.2, 0) is 19.1 Å². The zero-order valence-electron chi connectivity index (χ0n) is 28.3. The van der Waals surface area contributed by atoms with E-state index >= 15 is 0 Å². The lowest BCUT2D eigenvalue weighted by atomic mass is 10.0. The van der Waals surface area contributed by atoms with E-state index in [-0.39, 0.29) is 25.6 Å². The highest BCUT2D eigenvalue weighted by Gasteiger charge is 2.15. The van der Waals surface area contributed by atoms with Crippen molar-refractivity contribution in [1.82, 2.24) is 0 Å². The van der Waals surface area contributed by atoms with Crippen molar-refractivity contribution < 1.29 is 29.3 Å². The van der Waals surface area contributed by atoms with Gasteiger partial charge in [-0.3, -0.25) is 9.59 Å². The molecule has 0 bridgehead atoms. The predicted molar refractivity (Wildman–Crippen MR) is 183 cm³/mol. The average Bonchev–Trinajstić information content (AvgIpc) is 3.02. The molecule has 0 fully saturated rings. The number of carbonyl (C=O) groups excluding carboxylic acids is 2. The number of aliphatic hydroxyl groups excluding tert-OH is 2. The van der Waals surface area contributed by atoms with E-state index in [1.165, 1.54) is 77.0 Å². The summed E-state index contributed by atoms with van der Waals surface area (Å²) >= 11 is 0. The first-order chi connectivity index (χ1) is 21.5. The molecule has 0 radical (unpaired) electrons. The molecule has 0 saturated heterocycles. The van der Waals surface area contributed by atoms with Crippen molar-refractivity contribution in [2.75, 3.05) is 13.2 Å². The Morgan fingerprint density at radius 2 is 1.20 bits per heavy atom. The van der Waals surface area contributed by atoms with Gasteiger partial charge < -0.3 is 19.7 Å². The molecule has 0 aliphatic carbocycles. The third-order valence-corrected chi connectivity index (χ3v) is 7.46. The number of aliphatic hydroxyl groups is 2. The summed E-state index contributed by atoms with van der Waals surface area (Å²) in [5.74, 6) is -0.723. The Balaban J connectivity index is 3.80. The van der Waals surface area contributed by atoms with Crippen LogP contribution in [0.15, 0.2) is 48.6 Å². The molecule has 0 spiro atoms. The molecular weight excluding hydrogens is 552 g/mol. The van der Waals surface area contributed by atoms with Crippen LogP contribution in [0.1, 0.15) is 155 Å². The third kappa shape index (κ3) is 31.3. The Kier molecular flexibility index (Phi) is 32.0. The highest BCUT2D eigenvalue weighted by molar-refractivity contribution is 5.70. The number of allylic oxidation sites excluding steroid dienone is 6. The largest absolute Gasteiger partial charge is 0.462 e. The molecule has 0 aromatic heterocycles. The van der Waals surface area contributed by atoms with Crippen molar-refractivity contribution in [3.8, 4) is 0 Å². The van der Waals surface area contributed by atoms with Crippen LogP contribution in [0, 0.1) is 0 Å². The number of carbonyl (C=O) groups is 2. The molecule has 0 amide bonds. The number of ether oxygens (including phenoxy) is 2. The molecule has 0 saturated carbocycles. The van der Waals surface area contributed by atoms with E-state index in [1.807, 2.05) is 24.3 Å². The summed E-state index contributed by atoms with van der Waals surface area (Å²) in [5.41, 5.74) is 0. The third-order valence-electron chi connectivity index (χ3n) is 7.46. The number of hydrogen-bond donors (Lipinski definition) is 2. The van der Waals surface area contributed by atoms with Gasteiger partial charge in [-0.15, -0.1) is 0 Å². The minimum absolute atomic E-state index is 0.114. The Morgan fingerprint density at radius 3 is 1.86 bits per heavy atom. The summed E-state index contributed by atoms with van der Waals surface area (Å²) < 4.78 is 10.5. The molecule has 44 heavy (non-hydrogen) atoms. The van der Waals surface area contributed by atoms with Crippen LogP contribution in [0.3, 0.4) is 0 Å². The first kappa shape index (κ1) is 41.8. The Morgan fingerprint density at radius 1 is 0.636 bits per heavy atom. The maximum atomic E-state index is 12.1. The van der Waals surface area contributed by atoms with E-state index in [0.717, 1.165) is 32.1 Å². The first-order valence-electron chi connectivity index (χ1n) is 17.8. The second-order valence-corrected chi connectivity index (χ2v) is 11.8. The molecule has 2 N–H and O–H groups in total. The molecule has 0 aromatic carbocycles. The van der Waals surface area contributed by atoms with Gasteiger partial charge in [0.2, 0.25) is 0 Å². The molecular formula is C38H66O6. The fourth-order valence-electron chi connectivity index (χ4n) is 4.68. The molecule has 2 atom stereocenters. The van der Waals surface area contributed by atoms with Crippen molar-refractivity contribution in [2.24, 2.45) is 0 Å². The molecule has 0 heterocycles. The van der Waals surface area contributed by atoms with Crippen LogP contribution in [-0.4, -0.2) is 47.6 Å². The first-order valence-corrected chi connectivity index (χ1v) is 17.8. The van der Waals surface area contributed by atoms with Gasteiger partial charge in [0.25, 0.3) is 0 Å². The fourth-order valence-corrected chi connectivity index (χ4v) is 4.68. The van der Waals surface area contributed by atoms with Crippen molar-refractivity contribution >= 4 is 11.9 Å². The molecule has 0 aliphatic heterocycles. The number of rotatable bonds is 31. The number of esters is 2. The van der Waals surface area contributed by atoms with Crippen molar-refractivity contribution in [2.45, 2.75) is 167 Å². The van der Waals surface area contributed by atoms with Crippen LogP contribution >= 0.6 is 0 Å². The standard InChI is InChI=1S/C38H66O6/c1-3-5-7-9-11-13-14-15-17-19-23-27-31-37(41)43-34-36(33-39)44-38(42)32-28-24-20-22-26-30-35(40)29-25-21-18-16-12-10-8-6-4-2/h12,16,20-22,25-26,30,35-36,39-40H,3-11,13-15,17-19,23-24,27-29,31-34H2,1-2H3/b16-12-,22-20+,25-21-,30-26-/t35?,36-/m0/s1. The Bertz CT molecular complexity index is 769. The lowest BCUT2D eigenvalue weighted by molar-refractivity contribution is -0.161. The van der Waals surface area contributed by atoms with E-state index < -0.39 is 18.2 Å². The van der Waals surface area contributed by atoms with Crippen LogP contribution in [0.5, 0.6) is 0 Å². The van der Waals surface area contributed by atoms with Gasteiger partial charge in [-0.25, -0.2) is 0 Å². The zero-order valence-corrected chi connectivity index (χ0v) is 28.3. The van der Waals surface area contributed by atoms with E-state index in [1.54, 1.807) is 6.08 Å². The minimum Gasteiger partial charge on any atom is -0.462 e. The smallest absolute Gasteiger partial charge is 0.306 e. The molecule has 0 aliphatic rings. The molecule has 1 unspecified atom stereocenters. The van der Waals surface area contributed by atoms with Crippen LogP contribution in [0.2, 0.25) is 0 Å². The highest BCUT2D eigenvalue weighted by atomic mass is 16.6. The van der Waals surface area contributed by atoms with E-state index in [2.05, 4.69) is 32.1 Å². The Hall–Kier alpha value is -2.18. The molecule has 6 heteroatoms. The molecule has 254 valence electrons. The predicted octanol–water partition coefficient (Wildman–Crippen LogP) is 9.64. The van der Waals surface area contributed by atoms with E-state index in [4.69, 9.17) is 9.47 Å². The van der Waals surface area contributed by atoms with Crippen LogP contribution < -0.4 is 0 Å². The van der Waals surface area contributed by atoms with Gasteiger partial charge in [0, 0.05) is 12.8 Å². The summed E-state index contributed by atoms with van der Waals surface area (Å²) in [7, 11) is 0. The second-order valence-electron chi connectivity index (χ2n) is 11.8. The topological polar surface area (TPSA) is 93.1 Å². The summed E-state index contributed by atoms with van der Waals surface area (Å²) in [5, 5.41) is 19.5. The van der Waals surface area contributed by atoms with Gasteiger partial charge in [0.15, 0.2) is 6.10 Å². The minimum atomic E-state index is -0.829. The van der Waals surface area contributed by atoms with Gasteiger partial charge in [-0.2, -0.15) is 0 Å². The maximum Gasteiger partial charge on any atom is 0.306 e.